The quantitative estimate of drug-likeness (QED) is 0.772. The molecule has 0 spiro atoms. The molecule has 0 aliphatic rings. The summed E-state index contributed by atoms with van der Waals surface area (Å²) in [4.78, 5) is 12.2. The Balaban J connectivity index is 1.66. The van der Waals surface area contributed by atoms with Crippen LogP contribution in [0.4, 0.5) is 5.69 Å². The average Bonchev–Trinajstić information content (AvgIpc) is 2.97. The van der Waals surface area contributed by atoms with Crippen molar-refractivity contribution in [1.29, 1.82) is 0 Å². The van der Waals surface area contributed by atoms with Gasteiger partial charge < -0.3 is 10.1 Å². The van der Waals surface area contributed by atoms with Gasteiger partial charge in [-0.3, -0.25) is 9.89 Å². The van der Waals surface area contributed by atoms with Gasteiger partial charge in [0.2, 0.25) is 0 Å². The molecule has 0 aliphatic heterocycles. The van der Waals surface area contributed by atoms with Crippen LogP contribution in [-0.2, 0) is 4.79 Å². The van der Waals surface area contributed by atoms with E-state index in [4.69, 9.17) is 16.3 Å². The van der Waals surface area contributed by atoms with Crippen LogP contribution in [0, 0.1) is 0 Å². The topological polar surface area (TPSA) is 67.0 Å². The molecule has 3 aromatic rings. The van der Waals surface area contributed by atoms with E-state index in [0.717, 1.165) is 10.9 Å². The van der Waals surface area contributed by atoms with Crippen LogP contribution in [0.5, 0.6) is 5.75 Å². The Bertz CT molecular complexity index is 799. The number of benzene rings is 2. The molecule has 5 nitrogen and oxygen atoms in total. The summed E-state index contributed by atoms with van der Waals surface area (Å²) >= 11 is 5.81. The Morgan fingerprint density at radius 1 is 1.27 bits per heavy atom. The number of nitrogens with one attached hydrogen (secondary N) is 2. The number of carbonyl (C=O) groups excluding carboxylic acids is 1. The van der Waals surface area contributed by atoms with Gasteiger partial charge in [-0.15, -0.1) is 0 Å². The van der Waals surface area contributed by atoms with Gasteiger partial charge in [-0.1, -0.05) is 11.6 Å². The van der Waals surface area contributed by atoms with Crippen LogP contribution in [0.25, 0.3) is 10.9 Å². The number of halogens is 1. The van der Waals surface area contributed by atoms with Crippen molar-refractivity contribution in [3.05, 3.63) is 53.7 Å². The fourth-order valence-corrected chi connectivity index (χ4v) is 2.16. The van der Waals surface area contributed by atoms with E-state index in [2.05, 4.69) is 15.5 Å². The summed E-state index contributed by atoms with van der Waals surface area (Å²) in [5.41, 5.74) is 1.55. The van der Waals surface area contributed by atoms with Crippen LogP contribution in [0.2, 0.25) is 5.02 Å². The molecule has 2 N–H and O–H groups in total. The second-order valence-corrected chi connectivity index (χ2v) is 5.31. The van der Waals surface area contributed by atoms with Crippen molar-refractivity contribution >= 4 is 34.1 Å². The van der Waals surface area contributed by atoms with Crippen LogP contribution < -0.4 is 10.1 Å². The number of ether oxygens (including phenoxy) is 1. The molecule has 22 heavy (non-hydrogen) atoms. The summed E-state index contributed by atoms with van der Waals surface area (Å²) in [7, 11) is 0. The van der Waals surface area contributed by atoms with Crippen molar-refractivity contribution in [3.63, 3.8) is 0 Å². The SMILES string of the molecule is CC(Oc1ccc(Cl)cc1)C(=O)Nc1ccc2cn[nH]c2c1. The second-order valence-electron chi connectivity index (χ2n) is 4.88. The lowest BCUT2D eigenvalue weighted by Gasteiger charge is -2.14. The van der Waals surface area contributed by atoms with Crippen LogP contribution in [0.15, 0.2) is 48.7 Å². The Morgan fingerprint density at radius 2 is 2.05 bits per heavy atom. The summed E-state index contributed by atoms with van der Waals surface area (Å²) in [5, 5.41) is 11.2. The third-order valence-corrected chi connectivity index (χ3v) is 3.46. The maximum absolute atomic E-state index is 12.2. The monoisotopic (exact) mass is 315 g/mol. The molecule has 1 amide bonds. The number of rotatable bonds is 4. The molecule has 1 atom stereocenters. The van der Waals surface area contributed by atoms with E-state index in [1.807, 2.05) is 18.2 Å². The fourth-order valence-electron chi connectivity index (χ4n) is 2.03. The largest absolute Gasteiger partial charge is 0.481 e. The molecule has 3 rings (SSSR count). The lowest BCUT2D eigenvalue weighted by Crippen LogP contribution is -2.30. The molecule has 1 aromatic heterocycles. The lowest BCUT2D eigenvalue weighted by atomic mass is 10.2. The maximum Gasteiger partial charge on any atom is 0.265 e. The average molecular weight is 316 g/mol. The fraction of sp³-hybridized carbons (Fsp3) is 0.125. The summed E-state index contributed by atoms with van der Waals surface area (Å²) in [6, 6.07) is 12.4. The minimum atomic E-state index is -0.626. The Labute approximate surface area is 132 Å². The Morgan fingerprint density at radius 3 is 2.82 bits per heavy atom. The molecule has 112 valence electrons. The number of nitrogens with zero attached hydrogens (tertiary/aromatic N) is 1. The van der Waals surface area contributed by atoms with Gasteiger partial charge in [0, 0.05) is 16.1 Å². The predicted octanol–water partition coefficient (Wildman–Crippen LogP) is 3.62. The first-order chi connectivity index (χ1) is 10.6. The minimum absolute atomic E-state index is 0.228. The van der Waals surface area contributed by atoms with Gasteiger partial charge in [0.1, 0.15) is 5.75 Å². The van der Waals surface area contributed by atoms with Crippen molar-refractivity contribution in [3.8, 4) is 5.75 Å². The van der Waals surface area contributed by atoms with Gasteiger partial charge in [-0.2, -0.15) is 5.10 Å². The standard InChI is InChI=1S/C16H14ClN3O2/c1-10(22-14-6-3-12(17)4-7-14)16(21)19-13-5-2-11-9-18-20-15(11)8-13/h2-10H,1H3,(H,18,20)(H,19,21). The first kappa shape index (κ1) is 14.4. The van der Waals surface area contributed by atoms with Gasteiger partial charge in [0.05, 0.1) is 11.7 Å². The van der Waals surface area contributed by atoms with E-state index in [9.17, 15) is 4.79 Å². The molecule has 0 saturated carbocycles. The van der Waals surface area contributed by atoms with Crippen molar-refractivity contribution in [2.75, 3.05) is 5.32 Å². The smallest absolute Gasteiger partial charge is 0.265 e. The van der Waals surface area contributed by atoms with Gasteiger partial charge in [-0.25, -0.2) is 0 Å². The molecule has 0 saturated heterocycles. The summed E-state index contributed by atoms with van der Waals surface area (Å²) < 4.78 is 5.58. The summed E-state index contributed by atoms with van der Waals surface area (Å²) in [6.07, 6.45) is 1.10. The highest BCUT2D eigenvalue weighted by atomic mass is 35.5. The first-order valence-corrected chi connectivity index (χ1v) is 7.16. The lowest BCUT2D eigenvalue weighted by molar-refractivity contribution is -0.122. The number of hydrogen-bond acceptors (Lipinski definition) is 3. The molecule has 1 unspecified atom stereocenters. The van der Waals surface area contributed by atoms with Gasteiger partial charge >= 0.3 is 0 Å². The number of aromatic nitrogens is 2. The van der Waals surface area contributed by atoms with Crippen LogP contribution in [-0.4, -0.2) is 22.2 Å². The van der Waals surface area contributed by atoms with E-state index < -0.39 is 6.10 Å². The Kier molecular flexibility index (Phi) is 3.98. The molecule has 0 aliphatic carbocycles. The van der Waals surface area contributed by atoms with E-state index in [-0.39, 0.29) is 5.91 Å². The van der Waals surface area contributed by atoms with E-state index in [1.165, 1.54) is 0 Å². The number of fused-ring (bicyclic) bond motifs is 1. The van der Waals surface area contributed by atoms with E-state index in [1.54, 1.807) is 37.4 Å². The molecule has 2 aromatic carbocycles. The number of aromatic amines is 1. The maximum atomic E-state index is 12.2. The van der Waals surface area contributed by atoms with Crippen molar-refractivity contribution < 1.29 is 9.53 Å². The summed E-state index contributed by atoms with van der Waals surface area (Å²) in [6.45, 7) is 1.69. The van der Waals surface area contributed by atoms with Gasteiger partial charge in [0.25, 0.3) is 5.91 Å². The minimum Gasteiger partial charge on any atom is -0.481 e. The third-order valence-electron chi connectivity index (χ3n) is 3.21. The zero-order chi connectivity index (χ0) is 15.5. The van der Waals surface area contributed by atoms with E-state index >= 15 is 0 Å². The zero-order valence-corrected chi connectivity index (χ0v) is 12.6. The first-order valence-electron chi connectivity index (χ1n) is 6.78. The van der Waals surface area contributed by atoms with Gasteiger partial charge in [-0.05, 0) is 49.4 Å². The van der Waals surface area contributed by atoms with Crippen LogP contribution in [0.3, 0.4) is 0 Å². The molecule has 6 heteroatoms. The molecular formula is C16H14ClN3O2. The number of carbonyl (C=O) groups is 1. The highest BCUT2D eigenvalue weighted by Crippen LogP contribution is 2.19. The third kappa shape index (κ3) is 3.20. The highest BCUT2D eigenvalue weighted by Gasteiger charge is 2.15. The highest BCUT2D eigenvalue weighted by molar-refractivity contribution is 6.30. The molecule has 0 bridgehead atoms. The molecular weight excluding hydrogens is 302 g/mol. The Hall–Kier alpha value is -2.53. The van der Waals surface area contributed by atoms with Crippen LogP contribution >= 0.6 is 11.6 Å². The number of anilines is 1. The van der Waals surface area contributed by atoms with E-state index in [0.29, 0.717) is 16.5 Å². The number of hydrogen-bond donors (Lipinski definition) is 2. The second kappa shape index (κ2) is 6.07. The van der Waals surface area contributed by atoms with Gasteiger partial charge in [0.15, 0.2) is 6.10 Å². The summed E-state index contributed by atoms with van der Waals surface area (Å²) in [5.74, 6) is 0.366. The molecule has 1 heterocycles. The molecule has 0 radical (unpaired) electrons. The normalized spacial score (nSPS) is 12.1. The van der Waals surface area contributed by atoms with Crippen molar-refractivity contribution in [2.45, 2.75) is 13.0 Å². The molecule has 0 fully saturated rings. The van der Waals surface area contributed by atoms with Crippen molar-refractivity contribution in [2.24, 2.45) is 0 Å². The zero-order valence-electron chi connectivity index (χ0n) is 11.8. The predicted molar refractivity (Wildman–Crippen MR) is 86.3 cm³/mol. The van der Waals surface area contributed by atoms with Crippen molar-refractivity contribution in [1.82, 2.24) is 10.2 Å². The number of amides is 1. The number of H-pyrrole nitrogens is 1. The van der Waals surface area contributed by atoms with Crippen LogP contribution in [0.1, 0.15) is 6.92 Å².